The van der Waals surface area contributed by atoms with Crippen LogP contribution in [-0.4, -0.2) is 61.2 Å². The molecule has 1 aromatic carbocycles. The molecule has 1 saturated heterocycles. The van der Waals surface area contributed by atoms with Gasteiger partial charge in [0, 0.05) is 38.1 Å². The number of benzene rings is 1. The number of fused-ring (bicyclic) bond motifs is 1. The number of hydrogen-bond acceptors (Lipinski definition) is 6. The van der Waals surface area contributed by atoms with Gasteiger partial charge >= 0.3 is 6.03 Å². The first-order valence-electron chi connectivity index (χ1n) is 8.88. The molecule has 27 heavy (non-hydrogen) atoms. The molecule has 2 aromatic rings. The quantitative estimate of drug-likeness (QED) is 0.838. The van der Waals surface area contributed by atoms with Gasteiger partial charge in [0.25, 0.3) is 0 Å². The molecule has 2 amide bonds. The first kappa shape index (κ1) is 17.7. The largest absolute Gasteiger partial charge is 0.353 e. The van der Waals surface area contributed by atoms with E-state index >= 15 is 0 Å². The monoisotopic (exact) mass is 387 g/mol. The second kappa shape index (κ2) is 6.80. The van der Waals surface area contributed by atoms with E-state index in [1.807, 2.05) is 13.0 Å². The first-order valence-corrected chi connectivity index (χ1v) is 10.5. The Labute approximate surface area is 158 Å². The second-order valence-corrected chi connectivity index (χ2v) is 8.84. The van der Waals surface area contributed by atoms with Crippen molar-refractivity contribution in [3.63, 3.8) is 0 Å². The fourth-order valence-corrected chi connectivity index (χ4v) is 5.03. The van der Waals surface area contributed by atoms with Crippen LogP contribution in [0.25, 0.3) is 0 Å². The Morgan fingerprint density at radius 2 is 1.93 bits per heavy atom. The molecule has 0 spiro atoms. The van der Waals surface area contributed by atoms with Crippen LogP contribution in [0, 0.1) is 6.92 Å². The zero-order chi connectivity index (χ0) is 19.0. The van der Waals surface area contributed by atoms with E-state index < -0.39 is 9.84 Å². The molecule has 1 aromatic heterocycles. The maximum absolute atomic E-state index is 12.5. The van der Waals surface area contributed by atoms with E-state index in [0.29, 0.717) is 43.2 Å². The van der Waals surface area contributed by atoms with E-state index in [1.165, 1.54) is 0 Å². The molecule has 0 radical (unpaired) electrons. The van der Waals surface area contributed by atoms with Gasteiger partial charge in [-0.15, -0.1) is 0 Å². The van der Waals surface area contributed by atoms with Crippen LogP contribution in [-0.2, 0) is 16.3 Å². The van der Waals surface area contributed by atoms with Gasteiger partial charge in [-0.1, -0.05) is 6.07 Å². The fraction of sp³-hybridized carbons (Fsp3) is 0.389. The van der Waals surface area contributed by atoms with E-state index in [2.05, 4.69) is 20.2 Å². The summed E-state index contributed by atoms with van der Waals surface area (Å²) in [5.74, 6) is 1.73. The number of carbonyl (C=O) groups is 1. The van der Waals surface area contributed by atoms with Crippen molar-refractivity contribution in [1.82, 2.24) is 14.9 Å². The third-order valence-electron chi connectivity index (χ3n) is 4.95. The highest BCUT2D eigenvalue weighted by atomic mass is 32.2. The van der Waals surface area contributed by atoms with Crippen molar-refractivity contribution in [3.05, 3.63) is 41.9 Å². The normalized spacial score (nSPS) is 18.3. The molecular weight excluding hydrogens is 366 g/mol. The summed E-state index contributed by atoms with van der Waals surface area (Å²) in [4.78, 5) is 25.3. The zero-order valence-corrected chi connectivity index (χ0v) is 15.9. The van der Waals surface area contributed by atoms with Gasteiger partial charge < -0.3 is 15.1 Å². The molecule has 2 aliphatic rings. The van der Waals surface area contributed by atoms with Gasteiger partial charge in [-0.25, -0.2) is 23.2 Å². The molecule has 2 aliphatic heterocycles. The Morgan fingerprint density at radius 3 is 2.67 bits per heavy atom. The number of nitrogens with one attached hydrogen (secondary N) is 1. The third kappa shape index (κ3) is 3.59. The number of rotatable bonds is 2. The first-order chi connectivity index (χ1) is 12.9. The number of sulfone groups is 1. The standard InChI is InChI=1S/C18H21N5O3S/c1-13-19-6-4-17(20-13)22-7-9-23(10-8-22)18(24)21-15-3-2-14-5-11-27(25,26)16(14)12-15/h2-4,6,12H,5,7-11H2,1H3,(H,21,24). The van der Waals surface area contributed by atoms with Gasteiger partial charge in [0.2, 0.25) is 0 Å². The maximum Gasteiger partial charge on any atom is 0.321 e. The van der Waals surface area contributed by atoms with E-state index in [4.69, 9.17) is 0 Å². The Hall–Kier alpha value is -2.68. The Balaban J connectivity index is 1.39. The van der Waals surface area contributed by atoms with Crippen LogP contribution in [0.3, 0.4) is 0 Å². The summed E-state index contributed by atoms with van der Waals surface area (Å²) in [6.45, 7) is 4.35. The molecule has 0 bridgehead atoms. The second-order valence-electron chi connectivity index (χ2n) is 6.76. The fourth-order valence-electron chi connectivity index (χ4n) is 3.44. The summed E-state index contributed by atoms with van der Waals surface area (Å²) in [5, 5.41) is 2.82. The molecular formula is C18H21N5O3S. The van der Waals surface area contributed by atoms with Crippen molar-refractivity contribution in [2.75, 3.05) is 42.1 Å². The summed E-state index contributed by atoms with van der Waals surface area (Å²) in [6, 6.07) is 6.76. The van der Waals surface area contributed by atoms with Crippen LogP contribution in [0.15, 0.2) is 35.4 Å². The minimum atomic E-state index is -3.21. The minimum Gasteiger partial charge on any atom is -0.353 e. The Morgan fingerprint density at radius 1 is 1.15 bits per heavy atom. The number of nitrogens with zero attached hydrogens (tertiary/aromatic N) is 4. The van der Waals surface area contributed by atoms with Crippen molar-refractivity contribution in [3.8, 4) is 0 Å². The van der Waals surface area contributed by atoms with Gasteiger partial charge in [-0.2, -0.15) is 0 Å². The predicted octanol–water partition coefficient (Wildman–Crippen LogP) is 1.47. The highest BCUT2D eigenvalue weighted by Gasteiger charge is 2.27. The number of aromatic nitrogens is 2. The molecule has 1 N–H and O–H groups in total. The summed E-state index contributed by atoms with van der Waals surface area (Å²) in [7, 11) is -3.21. The molecule has 0 saturated carbocycles. The van der Waals surface area contributed by atoms with E-state index in [0.717, 1.165) is 17.2 Å². The minimum absolute atomic E-state index is 0.143. The summed E-state index contributed by atoms with van der Waals surface area (Å²) in [6.07, 6.45) is 2.27. The molecule has 4 rings (SSSR count). The van der Waals surface area contributed by atoms with Crippen molar-refractivity contribution in [2.24, 2.45) is 0 Å². The summed E-state index contributed by atoms with van der Waals surface area (Å²) < 4.78 is 24.1. The smallest absolute Gasteiger partial charge is 0.321 e. The number of amides is 2. The van der Waals surface area contributed by atoms with Gasteiger partial charge in [0.15, 0.2) is 9.84 Å². The summed E-state index contributed by atoms with van der Waals surface area (Å²) >= 11 is 0. The average Bonchev–Trinajstić information content (AvgIpc) is 2.96. The zero-order valence-electron chi connectivity index (χ0n) is 15.1. The number of hydrogen-bond donors (Lipinski definition) is 1. The lowest BCUT2D eigenvalue weighted by Gasteiger charge is -2.35. The van der Waals surface area contributed by atoms with Gasteiger partial charge in [-0.05, 0) is 37.1 Å². The Kier molecular flexibility index (Phi) is 4.47. The molecule has 142 valence electrons. The van der Waals surface area contributed by atoms with Crippen LogP contribution in [0.1, 0.15) is 11.4 Å². The van der Waals surface area contributed by atoms with Crippen LogP contribution in [0.4, 0.5) is 16.3 Å². The van der Waals surface area contributed by atoms with Crippen molar-refractivity contribution in [2.45, 2.75) is 18.2 Å². The molecule has 0 unspecified atom stereocenters. The average molecular weight is 387 g/mol. The van der Waals surface area contributed by atoms with Crippen LogP contribution < -0.4 is 10.2 Å². The SMILES string of the molecule is Cc1nccc(N2CCN(C(=O)Nc3ccc4c(c3)S(=O)(=O)CC4)CC2)n1. The lowest BCUT2D eigenvalue weighted by molar-refractivity contribution is 0.208. The molecule has 9 heteroatoms. The predicted molar refractivity (Wildman–Crippen MR) is 102 cm³/mol. The third-order valence-corrected chi connectivity index (χ3v) is 6.74. The van der Waals surface area contributed by atoms with E-state index in [1.54, 1.807) is 29.3 Å². The highest BCUT2D eigenvalue weighted by Crippen LogP contribution is 2.28. The number of carbonyl (C=O) groups excluding carboxylic acids is 1. The Bertz CT molecular complexity index is 984. The van der Waals surface area contributed by atoms with Crippen molar-refractivity contribution in [1.29, 1.82) is 0 Å². The molecule has 8 nitrogen and oxygen atoms in total. The van der Waals surface area contributed by atoms with Crippen molar-refractivity contribution < 1.29 is 13.2 Å². The van der Waals surface area contributed by atoms with E-state index in [-0.39, 0.29) is 11.8 Å². The number of anilines is 2. The summed E-state index contributed by atoms with van der Waals surface area (Å²) in [5.41, 5.74) is 1.33. The van der Waals surface area contributed by atoms with Gasteiger partial charge in [0.1, 0.15) is 11.6 Å². The topological polar surface area (TPSA) is 95.5 Å². The van der Waals surface area contributed by atoms with Gasteiger partial charge in [0.05, 0.1) is 10.6 Å². The lowest BCUT2D eigenvalue weighted by Crippen LogP contribution is -2.50. The molecule has 0 atom stereocenters. The lowest BCUT2D eigenvalue weighted by atomic mass is 10.1. The highest BCUT2D eigenvalue weighted by molar-refractivity contribution is 7.91. The number of aryl methyl sites for hydroxylation is 2. The maximum atomic E-state index is 12.5. The van der Waals surface area contributed by atoms with E-state index in [9.17, 15) is 13.2 Å². The van der Waals surface area contributed by atoms with Crippen LogP contribution >= 0.6 is 0 Å². The number of urea groups is 1. The molecule has 1 fully saturated rings. The van der Waals surface area contributed by atoms with Crippen LogP contribution in [0.5, 0.6) is 0 Å². The molecule has 3 heterocycles. The van der Waals surface area contributed by atoms with Gasteiger partial charge in [-0.3, -0.25) is 0 Å². The van der Waals surface area contributed by atoms with Crippen molar-refractivity contribution >= 4 is 27.4 Å². The van der Waals surface area contributed by atoms with Crippen LogP contribution in [0.2, 0.25) is 0 Å². The molecule has 0 aliphatic carbocycles. The number of piperazine rings is 1.